The number of amides is 2. The second-order valence-corrected chi connectivity index (χ2v) is 5.39. The minimum absolute atomic E-state index is 0.147. The second-order valence-electron chi connectivity index (χ2n) is 5.39. The molecule has 1 atom stereocenters. The van der Waals surface area contributed by atoms with E-state index in [1.54, 1.807) is 0 Å². The number of carbonyl (C=O) groups excluding carboxylic acids is 2. The van der Waals surface area contributed by atoms with Gasteiger partial charge in [0.1, 0.15) is 5.75 Å². The van der Waals surface area contributed by atoms with E-state index in [0.717, 1.165) is 0 Å². The van der Waals surface area contributed by atoms with Crippen LogP contribution in [0, 0.1) is 16.0 Å². The molecule has 1 aliphatic rings. The number of nitro groups is 1. The van der Waals surface area contributed by atoms with Crippen molar-refractivity contribution in [3.63, 3.8) is 0 Å². The zero-order valence-electron chi connectivity index (χ0n) is 13.5. The Kier molecular flexibility index (Phi) is 5.56. The molecule has 9 heteroatoms. The number of ether oxygens (including phenoxy) is 2. The largest absolute Gasteiger partial charge is 0.495 e. The van der Waals surface area contributed by atoms with Gasteiger partial charge in [-0.05, 0) is 18.9 Å². The number of methoxy groups -OCH3 is 2. The first kappa shape index (κ1) is 17.5. The third-order valence-electron chi connectivity index (χ3n) is 3.88. The highest BCUT2D eigenvalue weighted by Gasteiger charge is 2.29. The number of hydrogen-bond donors (Lipinski definition) is 1. The van der Waals surface area contributed by atoms with E-state index in [1.807, 2.05) is 0 Å². The lowest BCUT2D eigenvalue weighted by molar-refractivity contribution is -0.384. The maximum atomic E-state index is 12.5. The summed E-state index contributed by atoms with van der Waals surface area (Å²) < 4.78 is 9.80. The number of hydrogen-bond acceptors (Lipinski definition) is 6. The number of nitrogens with one attached hydrogen (secondary N) is 1. The molecule has 1 heterocycles. The Hall–Kier alpha value is -2.84. The molecule has 0 saturated carbocycles. The number of piperidine rings is 1. The highest BCUT2D eigenvalue weighted by molar-refractivity contribution is 5.94. The SMILES string of the molecule is COC(=O)N1CCC[C@@H](C(=O)Nc2cc([N+](=O)[O-])ccc2OC)C1. The summed E-state index contributed by atoms with van der Waals surface area (Å²) in [6, 6.07) is 3.97. The van der Waals surface area contributed by atoms with Crippen LogP contribution in [-0.4, -0.2) is 49.1 Å². The summed E-state index contributed by atoms with van der Waals surface area (Å²) in [4.78, 5) is 35.9. The predicted octanol–water partition coefficient (Wildman–Crippen LogP) is 2.02. The second kappa shape index (κ2) is 7.62. The molecule has 0 aromatic heterocycles. The molecule has 1 aromatic carbocycles. The van der Waals surface area contributed by atoms with Crippen molar-refractivity contribution in [1.82, 2.24) is 4.90 Å². The fraction of sp³-hybridized carbons (Fsp3) is 0.467. The van der Waals surface area contributed by atoms with Crippen molar-refractivity contribution in [2.24, 2.45) is 5.92 Å². The lowest BCUT2D eigenvalue weighted by atomic mass is 9.97. The van der Waals surface area contributed by atoms with Gasteiger partial charge in [0, 0.05) is 25.2 Å². The molecule has 0 spiro atoms. The van der Waals surface area contributed by atoms with Crippen LogP contribution < -0.4 is 10.1 Å². The van der Waals surface area contributed by atoms with Gasteiger partial charge in [-0.25, -0.2) is 4.79 Å². The Morgan fingerprint density at radius 2 is 2.12 bits per heavy atom. The van der Waals surface area contributed by atoms with Crippen LogP contribution in [0.3, 0.4) is 0 Å². The molecule has 1 aromatic rings. The zero-order chi connectivity index (χ0) is 17.7. The standard InChI is InChI=1S/C15H19N3O6/c1-23-13-6-5-11(18(21)22)8-12(13)16-14(19)10-4-3-7-17(9-10)15(20)24-2/h5-6,8,10H,3-4,7,9H2,1-2H3,(H,16,19)/t10-/m1/s1. The minimum Gasteiger partial charge on any atom is -0.495 e. The van der Waals surface area contributed by atoms with Gasteiger partial charge in [0.25, 0.3) is 5.69 Å². The Morgan fingerprint density at radius 3 is 2.75 bits per heavy atom. The van der Waals surface area contributed by atoms with Gasteiger partial charge < -0.3 is 19.7 Å². The fourth-order valence-electron chi connectivity index (χ4n) is 2.63. The van der Waals surface area contributed by atoms with E-state index in [9.17, 15) is 19.7 Å². The van der Waals surface area contributed by atoms with Crippen LogP contribution in [0.25, 0.3) is 0 Å². The maximum absolute atomic E-state index is 12.5. The van der Waals surface area contributed by atoms with Crippen molar-refractivity contribution < 1.29 is 24.0 Å². The summed E-state index contributed by atoms with van der Waals surface area (Å²) in [6.07, 6.45) is 0.830. The molecule has 0 aliphatic carbocycles. The highest BCUT2D eigenvalue weighted by Crippen LogP contribution is 2.30. The number of benzene rings is 1. The summed E-state index contributed by atoms with van der Waals surface area (Å²) in [6.45, 7) is 0.784. The van der Waals surface area contributed by atoms with Gasteiger partial charge in [0.15, 0.2) is 0 Å². The lowest BCUT2D eigenvalue weighted by Crippen LogP contribution is -2.43. The molecule has 9 nitrogen and oxygen atoms in total. The number of non-ortho nitro benzene ring substituents is 1. The molecule has 0 unspecified atom stereocenters. The molecule has 0 bridgehead atoms. The Bertz CT molecular complexity index is 648. The van der Waals surface area contributed by atoms with Gasteiger partial charge in [-0.1, -0.05) is 0 Å². The molecule has 1 saturated heterocycles. The number of carbonyl (C=O) groups is 2. The number of likely N-dealkylation sites (tertiary alicyclic amines) is 1. The van der Waals surface area contributed by atoms with Crippen molar-refractivity contribution in [3.05, 3.63) is 28.3 Å². The highest BCUT2D eigenvalue weighted by atomic mass is 16.6. The summed E-state index contributed by atoms with van der Waals surface area (Å²) in [5.74, 6) is -0.404. The van der Waals surface area contributed by atoms with Crippen LogP contribution >= 0.6 is 0 Å². The van der Waals surface area contributed by atoms with Crippen LogP contribution in [0.15, 0.2) is 18.2 Å². The molecule has 1 fully saturated rings. The van der Waals surface area contributed by atoms with E-state index < -0.39 is 16.9 Å². The molecule has 130 valence electrons. The van der Waals surface area contributed by atoms with Gasteiger partial charge in [-0.3, -0.25) is 14.9 Å². The van der Waals surface area contributed by atoms with Crippen LogP contribution in [-0.2, 0) is 9.53 Å². The van der Waals surface area contributed by atoms with E-state index in [-0.39, 0.29) is 23.8 Å². The van der Waals surface area contributed by atoms with Crippen LogP contribution in [0.2, 0.25) is 0 Å². The smallest absolute Gasteiger partial charge is 0.409 e. The normalized spacial score (nSPS) is 17.1. The van der Waals surface area contributed by atoms with E-state index in [2.05, 4.69) is 10.1 Å². The van der Waals surface area contributed by atoms with Gasteiger partial charge in [-0.2, -0.15) is 0 Å². The Morgan fingerprint density at radius 1 is 1.38 bits per heavy atom. The van der Waals surface area contributed by atoms with Gasteiger partial charge >= 0.3 is 6.09 Å². The van der Waals surface area contributed by atoms with Crippen molar-refractivity contribution in [2.75, 3.05) is 32.6 Å². The molecule has 1 N–H and O–H groups in total. The number of nitrogens with zero attached hydrogens (tertiary/aromatic N) is 2. The summed E-state index contributed by atoms with van der Waals surface area (Å²) in [5.41, 5.74) is 0.0813. The van der Waals surface area contributed by atoms with Crippen LogP contribution in [0.1, 0.15) is 12.8 Å². The zero-order valence-corrected chi connectivity index (χ0v) is 13.5. The molecular formula is C15H19N3O6. The van der Waals surface area contributed by atoms with Gasteiger partial charge in [-0.15, -0.1) is 0 Å². The quantitative estimate of drug-likeness (QED) is 0.664. The lowest BCUT2D eigenvalue weighted by Gasteiger charge is -2.30. The summed E-state index contributed by atoms with van der Waals surface area (Å²) >= 11 is 0. The minimum atomic E-state index is -0.547. The first-order chi connectivity index (χ1) is 11.5. The number of anilines is 1. The first-order valence-electron chi connectivity index (χ1n) is 7.42. The van der Waals surface area contributed by atoms with E-state index >= 15 is 0 Å². The van der Waals surface area contributed by atoms with Crippen molar-refractivity contribution >= 4 is 23.4 Å². The van der Waals surface area contributed by atoms with Crippen molar-refractivity contribution in [1.29, 1.82) is 0 Å². The van der Waals surface area contributed by atoms with Gasteiger partial charge in [0.2, 0.25) is 5.91 Å². The fourth-order valence-corrected chi connectivity index (χ4v) is 2.63. The molecular weight excluding hydrogens is 318 g/mol. The predicted molar refractivity (Wildman–Crippen MR) is 85.0 cm³/mol. The van der Waals surface area contributed by atoms with E-state index in [4.69, 9.17) is 4.74 Å². The van der Waals surface area contributed by atoms with E-state index in [1.165, 1.54) is 37.3 Å². The third kappa shape index (κ3) is 3.92. The average molecular weight is 337 g/mol. The summed E-state index contributed by atoms with van der Waals surface area (Å²) in [5, 5.41) is 13.5. The molecule has 24 heavy (non-hydrogen) atoms. The monoisotopic (exact) mass is 337 g/mol. The third-order valence-corrected chi connectivity index (χ3v) is 3.88. The molecule has 1 aliphatic heterocycles. The number of rotatable bonds is 4. The summed E-state index contributed by atoms with van der Waals surface area (Å²) in [7, 11) is 2.70. The first-order valence-corrected chi connectivity index (χ1v) is 7.42. The van der Waals surface area contributed by atoms with Gasteiger partial charge in [0.05, 0.1) is 30.7 Å². The molecule has 2 rings (SSSR count). The Labute approximate surface area is 138 Å². The molecule has 0 radical (unpaired) electrons. The van der Waals surface area contributed by atoms with Crippen LogP contribution in [0.5, 0.6) is 5.75 Å². The number of nitro benzene ring substituents is 1. The molecule has 2 amide bonds. The maximum Gasteiger partial charge on any atom is 0.409 e. The van der Waals surface area contributed by atoms with E-state index in [0.29, 0.717) is 25.1 Å². The van der Waals surface area contributed by atoms with Crippen LogP contribution in [0.4, 0.5) is 16.2 Å². The van der Waals surface area contributed by atoms with Crippen molar-refractivity contribution in [3.8, 4) is 5.75 Å². The average Bonchev–Trinajstić information content (AvgIpc) is 2.60. The van der Waals surface area contributed by atoms with Crippen molar-refractivity contribution in [2.45, 2.75) is 12.8 Å². The topological polar surface area (TPSA) is 111 Å². The Balaban J connectivity index is 2.12.